The van der Waals surface area contributed by atoms with Crippen molar-refractivity contribution in [2.45, 2.75) is 18.9 Å². The lowest BCUT2D eigenvalue weighted by atomic mass is 9.93. The lowest BCUT2D eigenvalue weighted by molar-refractivity contribution is 0.0485. The van der Waals surface area contributed by atoms with Crippen LogP contribution in [0, 0.1) is 5.92 Å². The first kappa shape index (κ1) is 12.7. The Morgan fingerprint density at radius 2 is 2.18 bits per heavy atom. The molecule has 0 amide bonds. The molecule has 0 aromatic heterocycles. The molecule has 94 valence electrons. The third-order valence-corrected chi connectivity index (χ3v) is 3.47. The summed E-state index contributed by atoms with van der Waals surface area (Å²) in [5.74, 6) is 0.504. The number of hydrogen-bond donors (Lipinski definition) is 2. The molecular formula is C13H19ClN2O. The van der Waals surface area contributed by atoms with Gasteiger partial charge in [0.2, 0.25) is 0 Å². The van der Waals surface area contributed by atoms with E-state index in [2.05, 4.69) is 5.32 Å². The van der Waals surface area contributed by atoms with E-state index in [-0.39, 0.29) is 6.04 Å². The average molecular weight is 255 g/mol. The summed E-state index contributed by atoms with van der Waals surface area (Å²) in [4.78, 5) is 0. The summed E-state index contributed by atoms with van der Waals surface area (Å²) in [5, 5.41) is 4.21. The first-order valence-corrected chi connectivity index (χ1v) is 6.47. The maximum absolute atomic E-state index is 5.86. The number of benzene rings is 1. The third-order valence-electron chi connectivity index (χ3n) is 3.21. The first-order valence-electron chi connectivity index (χ1n) is 6.09. The molecule has 0 spiro atoms. The van der Waals surface area contributed by atoms with Crippen LogP contribution >= 0.6 is 11.6 Å². The van der Waals surface area contributed by atoms with Gasteiger partial charge >= 0.3 is 0 Å². The molecule has 0 saturated carbocycles. The zero-order chi connectivity index (χ0) is 12.1. The lowest BCUT2D eigenvalue weighted by Gasteiger charge is -2.30. The van der Waals surface area contributed by atoms with Crippen LogP contribution in [0.5, 0.6) is 0 Å². The molecule has 1 aromatic carbocycles. The predicted octanol–water partition coefficient (Wildman–Crippen LogP) is 2.51. The van der Waals surface area contributed by atoms with Crippen molar-refractivity contribution in [2.75, 3.05) is 25.1 Å². The molecule has 1 aliphatic rings. The van der Waals surface area contributed by atoms with Crippen molar-refractivity contribution in [2.24, 2.45) is 11.7 Å². The summed E-state index contributed by atoms with van der Waals surface area (Å²) in [7, 11) is 0. The van der Waals surface area contributed by atoms with E-state index in [1.165, 1.54) is 6.42 Å². The molecule has 3 nitrogen and oxygen atoms in total. The minimum Gasteiger partial charge on any atom is -0.381 e. The molecule has 1 fully saturated rings. The third kappa shape index (κ3) is 3.60. The van der Waals surface area contributed by atoms with Gasteiger partial charge in [-0.15, -0.1) is 0 Å². The highest BCUT2D eigenvalue weighted by atomic mass is 35.5. The standard InChI is InChI=1S/C13H19ClN2O/c14-11-3-5-12(6-4-11)16-13(8-15)10-2-1-7-17-9-10/h3-6,10,13,16H,1-2,7-9,15H2. The van der Waals surface area contributed by atoms with Crippen LogP contribution < -0.4 is 11.1 Å². The van der Waals surface area contributed by atoms with Gasteiger partial charge in [0.15, 0.2) is 0 Å². The van der Waals surface area contributed by atoms with Gasteiger partial charge in [-0.25, -0.2) is 0 Å². The van der Waals surface area contributed by atoms with E-state index in [1.54, 1.807) is 0 Å². The predicted molar refractivity (Wildman–Crippen MR) is 71.5 cm³/mol. The van der Waals surface area contributed by atoms with Crippen LogP contribution in [0.2, 0.25) is 5.02 Å². The summed E-state index contributed by atoms with van der Waals surface area (Å²) >= 11 is 5.86. The second-order valence-electron chi connectivity index (χ2n) is 4.47. The molecule has 1 saturated heterocycles. The maximum Gasteiger partial charge on any atom is 0.0514 e. The zero-order valence-corrected chi connectivity index (χ0v) is 10.6. The van der Waals surface area contributed by atoms with Gasteiger partial charge in [-0.1, -0.05) is 11.6 Å². The SMILES string of the molecule is NCC(Nc1ccc(Cl)cc1)C1CCCOC1. The van der Waals surface area contributed by atoms with Gasteiger partial charge in [0.1, 0.15) is 0 Å². The molecule has 1 heterocycles. The van der Waals surface area contributed by atoms with Crippen molar-refractivity contribution >= 4 is 17.3 Å². The molecule has 3 N–H and O–H groups in total. The molecule has 1 aromatic rings. The van der Waals surface area contributed by atoms with Crippen molar-refractivity contribution in [1.82, 2.24) is 0 Å². The molecular weight excluding hydrogens is 236 g/mol. The van der Waals surface area contributed by atoms with Crippen LogP contribution in [-0.2, 0) is 4.74 Å². The van der Waals surface area contributed by atoms with E-state index in [0.717, 1.165) is 30.3 Å². The van der Waals surface area contributed by atoms with E-state index in [1.807, 2.05) is 24.3 Å². The normalized spacial score (nSPS) is 22.1. The number of halogens is 1. The average Bonchev–Trinajstić information content (AvgIpc) is 2.39. The van der Waals surface area contributed by atoms with Crippen LogP contribution in [-0.4, -0.2) is 25.8 Å². The van der Waals surface area contributed by atoms with Gasteiger partial charge < -0.3 is 15.8 Å². The summed E-state index contributed by atoms with van der Waals surface area (Å²) in [6, 6.07) is 8.00. The Hall–Kier alpha value is -0.770. The second-order valence-corrected chi connectivity index (χ2v) is 4.91. The number of ether oxygens (including phenoxy) is 1. The van der Waals surface area contributed by atoms with Crippen LogP contribution in [0.4, 0.5) is 5.69 Å². The van der Waals surface area contributed by atoms with Crippen molar-refractivity contribution in [3.8, 4) is 0 Å². The molecule has 2 atom stereocenters. The van der Waals surface area contributed by atoms with Gasteiger partial charge in [0.25, 0.3) is 0 Å². The fourth-order valence-corrected chi connectivity index (χ4v) is 2.34. The quantitative estimate of drug-likeness (QED) is 0.868. The first-order chi connectivity index (χ1) is 8.29. The number of nitrogens with one attached hydrogen (secondary N) is 1. The summed E-state index contributed by atoms with van der Waals surface area (Å²) in [6.45, 7) is 2.31. The summed E-state index contributed by atoms with van der Waals surface area (Å²) in [6.07, 6.45) is 2.31. The minimum atomic E-state index is 0.275. The lowest BCUT2D eigenvalue weighted by Crippen LogP contribution is -2.40. The number of anilines is 1. The van der Waals surface area contributed by atoms with Crippen molar-refractivity contribution in [3.63, 3.8) is 0 Å². The Bertz CT molecular complexity index is 336. The monoisotopic (exact) mass is 254 g/mol. The number of nitrogens with two attached hydrogens (primary N) is 1. The van der Waals surface area contributed by atoms with Crippen LogP contribution in [0.3, 0.4) is 0 Å². The molecule has 4 heteroatoms. The van der Waals surface area contributed by atoms with E-state index >= 15 is 0 Å². The number of hydrogen-bond acceptors (Lipinski definition) is 3. The Morgan fingerprint density at radius 1 is 1.41 bits per heavy atom. The Kier molecular flexibility index (Phi) is 4.66. The largest absolute Gasteiger partial charge is 0.381 e. The molecule has 17 heavy (non-hydrogen) atoms. The molecule has 2 unspecified atom stereocenters. The van der Waals surface area contributed by atoms with Crippen molar-refractivity contribution < 1.29 is 4.74 Å². The topological polar surface area (TPSA) is 47.3 Å². The number of rotatable bonds is 4. The molecule has 1 aliphatic heterocycles. The molecule has 0 bridgehead atoms. The smallest absolute Gasteiger partial charge is 0.0514 e. The van der Waals surface area contributed by atoms with Crippen LogP contribution in [0.1, 0.15) is 12.8 Å². The minimum absolute atomic E-state index is 0.275. The van der Waals surface area contributed by atoms with Gasteiger partial charge in [-0.3, -0.25) is 0 Å². The summed E-state index contributed by atoms with van der Waals surface area (Å²) < 4.78 is 5.51. The van der Waals surface area contributed by atoms with E-state index in [4.69, 9.17) is 22.1 Å². The Labute approximate surface area is 107 Å². The van der Waals surface area contributed by atoms with Gasteiger partial charge in [-0.05, 0) is 37.1 Å². The van der Waals surface area contributed by atoms with Crippen LogP contribution in [0.25, 0.3) is 0 Å². The Balaban J connectivity index is 1.96. The zero-order valence-electron chi connectivity index (χ0n) is 9.86. The van der Waals surface area contributed by atoms with Gasteiger partial charge in [0, 0.05) is 35.8 Å². The molecule has 0 aliphatic carbocycles. The van der Waals surface area contributed by atoms with Crippen LogP contribution in [0.15, 0.2) is 24.3 Å². The van der Waals surface area contributed by atoms with Crippen molar-refractivity contribution in [1.29, 1.82) is 0 Å². The Morgan fingerprint density at radius 3 is 2.76 bits per heavy atom. The highest BCUT2D eigenvalue weighted by Gasteiger charge is 2.22. The molecule has 2 rings (SSSR count). The highest BCUT2D eigenvalue weighted by Crippen LogP contribution is 2.21. The fourth-order valence-electron chi connectivity index (χ4n) is 2.21. The van der Waals surface area contributed by atoms with Gasteiger partial charge in [0.05, 0.1) is 6.61 Å². The maximum atomic E-state index is 5.86. The molecule has 0 radical (unpaired) electrons. The fraction of sp³-hybridized carbons (Fsp3) is 0.538. The van der Waals surface area contributed by atoms with Crippen molar-refractivity contribution in [3.05, 3.63) is 29.3 Å². The second kappa shape index (κ2) is 6.24. The highest BCUT2D eigenvalue weighted by molar-refractivity contribution is 6.30. The van der Waals surface area contributed by atoms with E-state index in [0.29, 0.717) is 12.5 Å². The van der Waals surface area contributed by atoms with Gasteiger partial charge in [-0.2, -0.15) is 0 Å². The summed E-state index contributed by atoms with van der Waals surface area (Å²) in [5.41, 5.74) is 6.90. The van der Waals surface area contributed by atoms with E-state index < -0.39 is 0 Å². The van der Waals surface area contributed by atoms with E-state index in [9.17, 15) is 0 Å².